The van der Waals surface area contributed by atoms with Crippen LogP contribution in [0.25, 0.3) is 0 Å². The summed E-state index contributed by atoms with van der Waals surface area (Å²) in [5.41, 5.74) is 1.09. The summed E-state index contributed by atoms with van der Waals surface area (Å²) >= 11 is 0. The molecule has 0 radical (unpaired) electrons. The lowest BCUT2D eigenvalue weighted by molar-refractivity contribution is -0.0440. The summed E-state index contributed by atoms with van der Waals surface area (Å²) in [6.45, 7) is 4.64. The van der Waals surface area contributed by atoms with E-state index in [1.165, 1.54) is 21.3 Å². The second-order valence-electron chi connectivity index (χ2n) is 7.09. The standard InChI is InChI=1S/C20H25N3O4S/c1-15-12-23(13-16(2)27-15)28(25,26)19-9-6-7-17(11-19)20(24)22(3)14-18-8-4-5-10-21-18/h4-11,15-16H,12-14H2,1-3H3. The summed E-state index contributed by atoms with van der Waals surface area (Å²) in [5.74, 6) is -0.258. The van der Waals surface area contributed by atoms with Gasteiger partial charge >= 0.3 is 0 Å². The topological polar surface area (TPSA) is 79.8 Å². The molecule has 3 rings (SSSR count). The van der Waals surface area contributed by atoms with Crippen LogP contribution in [0.3, 0.4) is 0 Å². The number of carbonyl (C=O) groups is 1. The molecule has 0 spiro atoms. The molecule has 150 valence electrons. The molecule has 1 amide bonds. The van der Waals surface area contributed by atoms with E-state index >= 15 is 0 Å². The molecule has 1 aliphatic heterocycles. The van der Waals surface area contributed by atoms with E-state index in [1.807, 2.05) is 32.0 Å². The van der Waals surface area contributed by atoms with Crippen molar-refractivity contribution >= 4 is 15.9 Å². The number of aromatic nitrogens is 1. The van der Waals surface area contributed by atoms with Gasteiger partial charge in [0.2, 0.25) is 10.0 Å². The minimum atomic E-state index is -3.70. The van der Waals surface area contributed by atoms with Gasteiger partial charge in [-0.3, -0.25) is 9.78 Å². The summed E-state index contributed by atoms with van der Waals surface area (Å²) in [5, 5.41) is 0. The van der Waals surface area contributed by atoms with Crippen molar-refractivity contribution in [2.75, 3.05) is 20.1 Å². The van der Waals surface area contributed by atoms with Crippen LogP contribution in [-0.4, -0.2) is 60.9 Å². The van der Waals surface area contributed by atoms with Gasteiger partial charge in [-0.15, -0.1) is 0 Å². The zero-order valence-corrected chi connectivity index (χ0v) is 17.1. The summed E-state index contributed by atoms with van der Waals surface area (Å²) in [7, 11) is -2.03. The van der Waals surface area contributed by atoms with E-state index in [1.54, 1.807) is 25.4 Å². The maximum Gasteiger partial charge on any atom is 0.253 e. The Labute approximate surface area is 166 Å². The molecule has 2 unspecified atom stereocenters. The number of hydrogen-bond acceptors (Lipinski definition) is 5. The van der Waals surface area contributed by atoms with E-state index in [0.717, 1.165) is 5.69 Å². The van der Waals surface area contributed by atoms with Crippen LogP contribution in [0.4, 0.5) is 0 Å². The highest BCUT2D eigenvalue weighted by atomic mass is 32.2. The van der Waals surface area contributed by atoms with E-state index in [9.17, 15) is 13.2 Å². The largest absolute Gasteiger partial charge is 0.373 e. The van der Waals surface area contributed by atoms with E-state index in [0.29, 0.717) is 25.2 Å². The zero-order chi connectivity index (χ0) is 20.3. The molecule has 0 N–H and O–H groups in total. The SMILES string of the molecule is CC1CN(S(=O)(=O)c2cccc(C(=O)N(C)Cc3ccccn3)c2)CC(C)O1. The normalized spacial score (nSPS) is 20.7. The molecule has 0 aliphatic carbocycles. The number of hydrogen-bond donors (Lipinski definition) is 0. The highest BCUT2D eigenvalue weighted by Gasteiger charge is 2.32. The molecular weight excluding hydrogens is 378 g/mol. The summed E-state index contributed by atoms with van der Waals surface area (Å²) in [4.78, 5) is 18.6. The monoisotopic (exact) mass is 403 g/mol. The van der Waals surface area contributed by atoms with E-state index < -0.39 is 10.0 Å². The fourth-order valence-corrected chi connectivity index (χ4v) is 4.93. The highest BCUT2D eigenvalue weighted by Crippen LogP contribution is 2.22. The molecule has 1 fully saturated rings. The molecule has 28 heavy (non-hydrogen) atoms. The summed E-state index contributed by atoms with van der Waals surface area (Å²) in [6, 6.07) is 11.7. The van der Waals surface area contributed by atoms with Crippen molar-refractivity contribution in [3.05, 3.63) is 59.9 Å². The van der Waals surface area contributed by atoms with Gasteiger partial charge in [0.25, 0.3) is 5.91 Å². The second kappa shape index (κ2) is 8.38. The van der Waals surface area contributed by atoms with E-state index in [2.05, 4.69) is 4.98 Å². The van der Waals surface area contributed by atoms with Gasteiger partial charge in [-0.1, -0.05) is 12.1 Å². The Morgan fingerprint density at radius 3 is 2.54 bits per heavy atom. The third-order valence-corrected chi connectivity index (χ3v) is 6.40. The Balaban J connectivity index is 1.80. The smallest absolute Gasteiger partial charge is 0.253 e. The van der Waals surface area contributed by atoms with Gasteiger partial charge in [-0.05, 0) is 44.2 Å². The van der Waals surface area contributed by atoms with Gasteiger partial charge in [0.1, 0.15) is 0 Å². The molecule has 7 nitrogen and oxygen atoms in total. The summed E-state index contributed by atoms with van der Waals surface area (Å²) < 4.78 is 33.1. The van der Waals surface area contributed by atoms with Crippen molar-refractivity contribution in [3.8, 4) is 0 Å². The Bertz CT molecular complexity index is 923. The fraction of sp³-hybridized carbons (Fsp3) is 0.400. The first-order valence-corrected chi connectivity index (χ1v) is 10.6. The molecule has 2 atom stereocenters. The van der Waals surface area contributed by atoms with Crippen molar-refractivity contribution in [3.63, 3.8) is 0 Å². The third-order valence-electron chi connectivity index (χ3n) is 4.58. The second-order valence-corrected chi connectivity index (χ2v) is 9.03. The number of nitrogens with zero attached hydrogens (tertiary/aromatic N) is 3. The zero-order valence-electron chi connectivity index (χ0n) is 16.3. The fourth-order valence-electron chi connectivity index (χ4n) is 3.29. The van der Waals surface area contributed by atoms with Gasteiger partial charge in [0.05, 0.1) is 29.3 Å². The molecule has 1 aliphatic rings. The maximum absolute atomic E-state index is 13.0. The first kappa shape index (κ1) is 20.4. The Morgan fingerprint density at radius 2 is 1.89 bits per heavy atom. The van der Waals surface area contributed by atoms with Gasteiger partial charge in [0, 0.05) is 31.9 Å². The van der Waals surface area contributed by atoms with Crippen LogP contribution in [0.1, 0.15) is 29.9 Å². The minimum Gasteiger partial charge on any atom is -0.373 e. The molecule has 1 aromatic carbocycles. The average Bonchev–Trinajstić information content (AvgIpc) is 2.67. The van der Waals surface area contributed by atoms with E-state index in [4.69, 9.17) is 4.74 Å². The van der Waals surface area contributed by atoms with Crippen molar-refractivity contribution in [2.24, 2.45) is 0 Å². The minimum absolute atomic E-state index is 0.117. The van der Waals surface area contributed by atoms with Crippen molar-refractivity contribution in [1.29, 1.82) is 0 Å². The quantitative estimate of drug-likeness (QED) is 0.764. The lowest BCUT2D eigenvalue weighted by Gasteiger charge is -2.34. The van der Waals surface area contributed by atoms with Crippen LogP contribution >= 0.6 is 0 Å². The number of carbonyl (C=O) groups excluding carboxylic acids is 1. The number of benzene rings is 1. The van der Waals surface area contributed by atoms with Crippen LogP contribution in [0, 0.1) is 0 Å². The van der Waals surface area contributed by atoms with Gasteiger partial charge < -0.3 is 9.64 Å². The van der Waals surface area contributed by atoms with Crippen LogP contribution in [-0.2, 0) is 21.3 Å². The average molecular weight is 404 g/mol. The molecule has 1 aromatic heterocycles. The third kappa shape index (κ3) is 4.57. The van der Waals surface area contributed by atoms with Crippen molar-refractivity contribution in [2.45, 2.75) is 37.5 Å². The Hall–Kier alpha value is -2.29. The molecular formula is C20H25N3O4S. The Kier molecular flexibility index (Phi) is 6.12. The number of amides is 1. The first-order chi connectivity index (χ1) is 13.3. The molecule has 8 heteroatoms. The van der Waals surface area contributed by atoms with Gasteiger partial charge in [0.15, 0.2) is 0 Å². The van der Waals surface area contributed by atoms with Crippen LogP contribution in [0.5, 0.6) is 0 Å². The molecule has 1 saturated heterocycles. The Morgan fingerprint density at radius 1 is 1.18 bits per heavy atom. The van der Waals surface area contributed by atoms with E-state index in [-0.39, 0.29) is 23.0 Å². The number of morpholine rings is 1. The van der Waals surface area contributed by atoms with Crippen LogP contribution in [0.2, 0.25) is 0 Å². The molecule has 0 saturated carbocycles. The molecule has 2 aromatic rings. The lowest BCUT2D eigenvalue weighted by Crippen LogP contribution is -2.48. The predicted molar refractivity (Wildman–Crippen MR) is 105 cm³/mol. The summed E-state index contributed by atoms with van der Waals surface area (Å²) in [6.07, 6.45) is 1.33. The van der Waals surface area contributed by atoms with Gasteiger partial charge in [-0.2, -0.15) is 4.31 Å². The number of sulfonamides is 1. The highest BCUT2D eigenvalue weighted by molar-refractivity contribution is 7.89. The first-order valence-electron chi connectivity index (χ1n) is 9.18. The lowest BCUT2D eigenvalue weighted by atomic mass is 10.2. The number of rotatable bonds is 5. The van der Waals surface area contributed by atoms with Crippen LogP contribution < -0.4 is 0 Å². The number of ether oxygens (including phenoxy) is 1. The molecule has 0 bridgehead atoms. The maximum atomic E-state index is 13.0. The van der Waals surface area contributed by atoms with Crippen molar-refractivity contribution < 1.29 is 17.9 Å². The van der Waals surface area contributed by atoms with Crippen LogP contribution in [0.15, 0.2) is 53.6 Å². The van der Waals surface area contributed by atoms with Gasteiger partial charge in [-0.25, -0.2) is 8.42 Å². The number of pyridine rings is 1. The predicted octanol–water partition coefficient (Wildman–Crippen LogP) is 2.15. The van der Waals surface area contributed by atoms with Crippen molar-refractivity contribution in [1.82, 2.24) is 14.2 Å². The molecule has 2 heterocycles.